The van der Waals surface area contributed by atoms with Crippen LogP contribution in [0.1, 0.15) is 26.2 Å². The Hall–Kier alpha value is -0.120. The second kappa shape index (κ2) is 4.17. The first-order chi connectivity index (χ1) is 6.79. The van der Waals surface area contributed by atoms with Crippen molar-refractivity contribution in [2.75, 3.05) is 32.8 Å². The van der Waals surface area contributed by atoms with Gasteiger partial charge in [-0.25, -0.2) is 0 Å². The summed E-state index contributed by atoms with van der Waals surface area (Å²) in [4.78, 5) is 2.59. The van der Waals surface area contributed by atoms with Gasteiger partial charge in [-0.1, -0.05) is 6.92 Å². The van der Waals surface area contributed by atoms with Crippen molar-refractivity contribution in [3.8, 4) is 0 Å². The summed E-state index contributed by atoms with van der Waals surface area (Å²) in [5.41, 5.74) is 6.29. The molecular weight excluding hydrogens is 176 g/mol. The molecule has 2 fully saturated rings. The highest BCUT2D eigenvalue weighted by molar-refractivity contribution is 4.97. The zero-order chi connectivity index (χ0) is 10.0. The van der Waals surface area contributed by atoms with Crippen LogP contribution in [0.3, 0.4) is 0 Å². The number of rotatable bonds is 4. The summed E-state index contributed by atoms with van der Waals surface area (Å²) >= 11 is 0. The lowest BCUT2D eigenvalue weighted by atomic mass is 10.0. The topological polar surface area (TPSA) is 38.5 Å². The molecule has 0 radical (unpaired) electrons. The van der Waals surface area contributed by atoms with Gasteiger partial charge in [0.05, 0.1) is 13.2 Å². The summed E-state index contributed by atoms with van der Waals surface area (Å²) in [6.07, 6.45) is 3.86. The summed E-state index contributed by atoms with van der Waals surface area (Å²) in [6.45, 7) is 7.22. The number of nitrogens with two attached hydrogens (primary N) is 1. The summed E-state index contributed by atoms with van der Waals surface area (Å²) in [7, 11) is 0. The number of ether oxygens (including phenoxy) is 1. The van der Waals surface area contributed by atoms with Crippen LogP contribution in [0.5, 0.6) is 0 Å². The van der Waals surface area contributed by atoms with Crippen LogP contribution in [0.4, 0.5) is 0 Å². The van der Waals surface area contributed by atoms with Crippen molar-refractivity contribution < 1.29 is 4.74 Å². The molecule has 1 atom stereocenters. The lowest BCUT2D eigenvalue weighted by Gasteiger charge is -2.37. The predicted octanol–water partition coefficient (Wildman–Crippen LogP) is 0.836. The first kappa shape index (κ1) is 10.4. The molecule has 3 nitrogen and oxygen atoms in total. The molecule has 82 valence electrons. The van der Waals surface area contributed by atoms with Crippen molar-refractivity contribution in [1.29, 1.82) is 0 Å². The van der Waals surface area contributed by atoms with Crippen LogP contribution in [0.15, 0.2) is 0 Å². The van der Waals surface area contributed by atoms with Crippen molar-refractivity contribution in [1.82, 2.24) is 4.90 Å². The molecule has 2 rings (SSSR count). The van der Waals surface area contributed by atoms with Gasteiger partial charge in [0.25, 0.3) is 0 Å². The van der Waals surface area contributed by atoms with Crippen LogP contribution in [0, 0.1) is 5.41 Å². The van der Waals surface area contributed by atoms with Gasteiger partial charge >= 0.3 is 0 Å². The van der Waals surface area contributed by atoms with Gasteiger partial charge in [0.15, 0.2) is 0 Å². The number of morpholine rings is 1. The molecule has 0 aromatic rings. The Morgan fingerprint density at radius 1 is 1.50 bits per heavy atom. The van der Waals surface area contributed by atoms with Gasteiger partial charge in [0.1, 0.15) is 0 Å². The average Bonchev–Trinajstić information content (AvgIpc) is 2.99. The highest BCUT2D eigenvalue weighted by atomic mass is 16.5. The minimum absolute atomic E-state index is 0.477. The minimum atomic E-state index is 0.477. The Morgan fingerprint density at radius 2 is 2.29 bits per heavy atom. The maximum absolute atomic E-state index is 5.81. The van der Waals surface area contributed by atoms with E-state index in [1.165, 1.54) is 25.8 Å². The van der Waals surface area contributed by atoms with Crippen LogP contribution < -0.4 is 5.73 Å². The first-order valence-corrected chi connectivity index (χ1v) is 5.81. The van der Waals surface area contributed by atoms with E-state index in [1.807, 2.05) is 0 Å². The van der Waals surface area contributed by atoms with Crippen molar-refractivity contribution in [3.63, 3.8) is 0 Å². The third-order valence-electron chi connectivity index (χ3n) is 3.75. The largest absolute Gasteiger partial charge is 0.378 e. The van der Waals surface area contributed by atoms with Gasteiger partial charge in [-0.3, -0.25) is 4.90 Å². The van der Waals surface area contributed by atoms with E-state index < -0.39 is 0 Å². The quantitative estimate of drug-likeness (QED) is 0.727. The van der Waals surface area contributed by atoms with Crippen LogP contribution in [-0.2, 0) is 4.74 Å². The van der Waals surface area contributed by atoms with E-state index >= 15 is 0 Å². The molecule has 0 aromatic heterocycles. The Bertz CT molecular complexity index is 192. The van der Waals surface area contributed by atoms with Crippen LogP contribution in [0.2, 0.25) is 0 Å². The van der Waals surface area contributed by atoms with E-state index in [2.05, 4.69) is 11.8 Å². The maximum atomic E-state index is 5.81. The molecule has 1 heterocycles. The SMILES string of the molecule is CCC1COCCN1CC1(CN)CC1. The van der Waals surface area contributed by atoms with Crippen molar-refractivity contribution >= 4 is 0 Å². The molecule has 1 saturated carbocycles. The van der Waals surface area contributed by atoms with Gasteiger partial charge in [-0.05, 0) is 31.2 Å². The normalized spacial score (nSPS) is 31.7. The molecule has 0 aromatic carbocycles. The molecule has 0 spiro atoms. The summed E-state index contributed by atoms with van der Waals surface area (Å²) in [5.74, 6) is 0. The second-order valence-corrected chi connectivity index (χ2v) is 4.81. The standard InChI is InChI=1S/C11H22N2O/c1-2-10-7-14-6-5-13(10)9-11(8-12)3-4-11/h10H,2-9,12H2,1H3. The molecule has 1 saturated heterocycles. The van der Waals surface area contributed by atoms with Crippen LogP contribution in [0.25, 0.3) is 0 Å². The average molecular weight is 198 g/mol. The Balaban J connectivity index is 1.88. The third-order valence-corrected chi connectivity index (χ3v) is 3.75. The monoisotopic (exact) mass is 198 g/mol. The van der Waals surface area contributed by atoms with E-state index in [0.717, 1.165) is 26.3 Å². The lowest BCUT2D eigenvalue weighted by Crippen LogP contribution is -2.48. The molecule has 3 heteroatoms. The zero-order valence-corrected chi connectivity index (χ0v) is 9.17. The molecular formula is C11H22N2O. The third kappa shape index (κ3) is 2.10. The van der Waals surface area contributed by atoms with Gasteiger partial charge < -0.3 is 10.5 Å². The molecule has 0 bridgehead atoms. The fourth-order valence-electron chi connectivity index (χ4n) is 2.31. The van der Waals surface area contributed by atoms with Crippen molar-refractivity contribution in [2.24, 2.45) is 11.1 Å². The summed E-state index contributed by atoms with van der Waals surface area (Å²) < 4.78 is 5.50. The number of hydrogen-bond acceptors (Lipinski definition) is 3. The number of hydrogen-bond donors (Lipinski definition) is 1. The summed E-state index contributed by atoms with van der Waals surface area (Å²) in [6, 6.07) is 0.632. The van der Waals surface area contributed by atoms with Gasteiger partial charge in [-0.15, -0.1) is 0 Å². The molecule has 2 aliphatic rings. The van der Waals surface area contributed by atoms with Gasteiger partial charge in [0, 0.05) is 19.1 Å². The van der Waals surface area contributed by atoms with Crippen molar-refractivity contribution in [2.45, 2.75) is 32.2 Å². The van der Waals surface area contributed by atoms with Gasteiger partial charge in [0.2, 0.25) is 0 Å². The fraction of sp³-hybridized carbons (Fsp3) is 1.00. The van der Waals surface area contributed by atoms with E-state index in [9.17, 15) is 0 Å². The predicted molar refractivity (Wildman–Crippen MR) is 57.2 cm³/mol. The summed E-state index contributed by atoms with van der Waals surface area (Å²) in [5, 5.41) is 0. The lowest BCUT2D eigenvalue weighted by molar-refractivity contribution is -0.0169. The van der Waals surface area contributed by atoms with E-state index in [-0.39, 0.29) is 0 Å². The second-order valence-electron chi connectivity index (χ2n) is 4.81. The minimum Gasteiger partial charge on any atom is -0.378 e. The van der Waals surface area contributed by atoms with E-state index in [4.69, 9.17) is 10.5 Å². The Kier molecular flexibility index (Phi) is 3.10. The van der Waals surface area contributed by atoms with Crippen LogP contribution >= 0.6 is 0 Å². The maximum Gasteiger partial charge on any atom is 0.0622 e. The molecule has 1 unspecified atom stereocenters. The fourth-order valence-corrected chi connectivity index (χ4v) is 2.31. The Labute approximate surface area is 86.6 Å². The van der Waals surface area contributed by atoms with E-state index in [1.54, 1.807) is 0 Å². The smallest absolute Gasteiger partial charge is 0.0622 e. The van der Waals surface area contributed by atoms with E-state index in [0.29, 0.717) is 11.5 Å². The zero-order valence-electron chi connectivity index (χ0n) is 9.17. The molecule has 0 amide bonds. The highest BCUT2D eigenvalue weighted by Gasteiger charge is 2.43. The highest BCUT2D eigenvalue weighted by Crippen LogP contribution is 2.45. The van der Waals surface area contributed by atoms with Crippen molar-refractivity contribution in [3.05, 3.63) is 0 Å². The molecule has 1 aliphatic carbocycles. The van der Waals surface area contributed by atoms with Crippen LogP contribution in [-0.4, -0.2) is 43.8 Å². The molecule has 2 N–H and O–H groups in total. The Morgan fingerprint density at radius 3 is 2.86 bits per heavy atom. The number of nitrogens with zero attached hydrogens (tertiary/aromatic N) is 1. The van der Waals surface area contributed by atoms with Gasteiger partial charge in [-0.2, -0.15) is 0 Å². The molecule has 14 heavy (non-hydrogen) atoms. The first-order valence-electron chi connectivity index (χ1n) is 5.81. The molecule has 1 aliphatic heterocycles.